The monoisotopic (exact) mass is 212 g/mol. The maximum atomic E-state index is 3.32. The number of rotatable bonds is 4. The molecule has 0 aromatic carbocycles. The lowest BCUT2D eigenvalue weighted by molar-refractivity contribution is 0.0392. The van der Waals surface area contributed by atoms with Crippen molar-refractivity contribution in [3.8, 4) is 0 Å². The first kappa shape index (κ1) is 13.0. The van der Waals surface area contributed by atoms with E-state index < -0.39 is 0 Å². The van der Waals surface area contributed by atoms with Crippen molar-refractivity contribution in [2.24, 2.45) is 11.8 Å². The number of nitrogens with one attached hydrogen (secondary N) is 1. The van der Waals surface area contributed by atoms with E-state index in [1.165, 1.54) is 19.4 Å². The summed E-state index contributed by atoms with van der Waals surface area (Å²) in [5.74, 6) is 1.71. The molecule has 1 N–H and O–H groups in total. The smallest absolute Gasteiger partial charge is 0.0220 e. The average molecular weight is 212 g/mol. The summed E-state index contributed by atoms with van der Waals surface area (Å²) < 4.78 is 0. The van der Waals surface area contributed by atoms with E-state index in [0.29, 0.717) is 0 Å². The van der Waals surface area contributed by atoms with Crippen molar-refractivity contribution in [3.63, 3.8) is 0 Å². The second-order valence-corrected chi connectivity index (χ2v) is 5.38. The van der Waals surface area contributed by atoms with Crippen LogP contribution in [0.4, 0.5) is 0 Å². The van der Waals surface area contributed by atoms with Crippen LogP contribution in [0.25, 0.3) is 0 Å². The van der Waals surface area contributed by atoms with E-state index >= 15 is 0 Å². The van der Waals surface area contributed by atoms with Gasteiger partial charge in [-0.1, -0.05) is 20.8 Å². The summed E-state index contributed by atoms with van der Waals surface area (Å²) in [4.78, 5) is 2.72. The van der Waals surface area contributed by atoms with E-state index in [4.69, 9.17) is 0 Å². The van der Waals surface area contributed by atoms with E-state index in [-0.39, 0.29) is 0 Å². The Morgan fingerprint density at radius 1 is 1.33 bits per heavy atom. The third kappa shape index (κ3) is 3.18. The van der Waals surface area contributed by atoms with Gasteiger partial charge in [0.1, 0.15) is 0 Å². The molecule has 15 heavy (non-hydrogen) atoms. The van der Waals surface area contributed by atoms with Gasteiger partial charge in [-0.05, 0) is 38.6 Å². The minimum Gasteiger partial charge on any atom is -0.318 e. The van der Waals surface area contributed by atoms with Crippen LogP contribution in [0.1, 0.15) is 40.5 Å². The average Bonchev–Trinajstić information content (AvgIpc) is 2.20. The molecule has 1 rings (SSSR count). The third-order valence-corrected chi connectivity index (χ3v) is 4.02. The Labute approximate surface area is 95.4 Å². The van der Waals surface area contributed by atoms with E-state index in [9.17, 15) is 0 Å². The van der Waals surface area contributed by atoms with Gasteiger partial charge in [-0.15, -0.1) is 0 Å². The molecule has 0 aliphatic carbocycles. The first-order valence-electron chi connectivity index (χ1n) is 6.50. The molecule has 0 aromatic rings. The van der Waals surface area contributed by atoms with Gasteiger partial charge in [0, 0.05) is 25.2 Å². The quantitative estimate of drug-likeness (QED) is 0.769. The summed E-state index contributed by atoms with van der Waals surface area (Å²) in [6.07, 6.45) is 2.65. The maximum Gasteiger partial charge on any atom is 0.0220 e. The van der Waals surface area contributed by atoms with Gasteiger partial charge in [-0.3, -0.25) is 4.90 Å². The number of hydrogen-bond donors (Lipinski definition) is 1. The Bertz CT molecular complexity index is 181. The van der Waals surface area contributed by atoms with Gasteiger partial charge in [0.05, 0.1) is 0 Å². The van der Waals surface area contributed by atoms with Crippen LogP contribution in [0.2, 0.25) is 0 Å². The fourth-order valence-electron chi connectivity index (χ4n) is 2.97. The molecule has 0 spiro atoms. The molecular weight excluding hydrogens is 184 g/mol. The number of likely N-dealkylation sites (N-methyl/N-ethyl adjacent to an activating group) is 1. The summed E-state index contributed by atoms with van der Waals surface area (Å²) in [6, 6.07) is 1.47. The van der Waals surface area contributed by atoms with Crippen LogP contribution in [0.5, 0.6) is 0 Å². The molecule has 1 heterocycles. The molecule has 4 unspecified atom stereocenters. The lowest BCUT2D eigenvalue weighted by Crippen LogP contribution is -2.53. The molecule has 4 atom stereocenters. The highest BCUT2D eigenvalue weighted by Crippen LogP contribution is 2.28. The number of hydrogen-bond acceptors (Lipinski definition) is 2. The summed E-state index contributed by atoms with van der Waals surface area (Å²) in [5.41, 5.74) is 0. The lowest BCUT2D eigenvalue weighted by Gasteiger charge is -2.45. The minimum absolute atomic E-state index is 0.718. The first-order chi connectivity index (χ1) is 7.10. The highest BCUT2D eigenvalue weighted by atomic mass is 15.2. The summed E-state index contributed by atoms with van der Waals surface area (Å²) in [7, 11) is 2.06. The molecule has 0 saturated carbocycles. The van der Waals surface area contributed by atoms with Crippen molar-refractivity contribution in [3.05, 3.63) is 0 Å². The van der Waals surface area contributed by atoms with Gasteiger partial charge in [0.25, 0.3) is 0 Å². The predicted octanol–water partition coefficient (Wildman–Crippen LogP) is 2.35. The van der Waals surface area contributed by atoms with Gasteiger partial charge >= 0.3 is 0 Å². The number of likely N-dealkylation sites (tertiary alicyclic amines) is 1. The molecule has 0 amide bonds. The molecule has 0 aromatic heterocycles. The van der Waals surface area contributed by atoms with Crippen LogP contribution >= 0.6 is 0 Å². The molecule has 1 aliphatic heterocycles. The van der Waals surface area contributed by atoms with Gasteiger partial charge in [-0.2, -0.15) is 0 Å². The Morgan fingerprint density at radius 2 is 2.00 bits per heavy atom. The maximum absolute atomic E-state index is 3.32. The van der Waals surface area contributed by atoms with Crippen molar-refractivity contribution in [1.82, 2.24) is 10.2 Å². The van der Waals surface area contributed by atoms with Crippen molar-refractivity contribution in [2.75, 3.05) is 20.1 Å². The molecule has 1 aliphatic rings. The van der Waals surface area contributed by atoms with E-state index in [1.807, 2.05) is 0 Å². The topological polar surface area (TPSA) is 15.3 Å². The molecule has 90 valence electrons. The fraction of sp³-hybridized carbons (Fsp3) is 1.00. The third-order valence-electron chi connectivity index (χ3n) is 4.02. The second-order valence-electron chi connectivity index (χ2n) is 5.38. The fourth-order valence-corrected chi connectivity index (χ4v) is 2.97. The summed E-state index contributed by atoms with van der Waals surface area (Å²) >= 11 is 0. The van der Waals surface area contributed by atoms with Crippen LogP contribution in [-0.2, 0) is 0 Å². The van der Waals surface area contributed by atoms with Crippen molar-refractivity contribution in [1.29, 1.82) is 0 Å². The minimum atomic E-state index is 0.718. The van der Waals surface area contributed by atoms with E-state index in [1.54, 1.807) is 0 Å². The molecule has 1 fully saturated rings. The van der Waals surface area contributed by atoms with E-state index in [0.717, 1.165) is 30.5 Å². The zero-order chi connectivity index (χ0) is 11.4. The van der Waals surface area contributed by atoms with Crippen LogP contribution in [0, 0.1) is 11.8 Å². The van der Waals surface area contributed by atoms with Gasteiger partial charge in [-0.25, -0.2) is 0 Å². The van der Waals surface area contributed by atoms with Crippen LogP contribution in [-0.4, -0.2) is 37.1 Å². The van der Waals surface area contributed by atoms with Crippen LogP contribution in [0.3, 0.4) is 0 Å². The Kier molecular flexibility index (Phi) is 5.07. The number of nitrogens with zero attached hydrogens (tertiary/aromatic N) is 1. The summed E-state index contributed by atoms with van der Waals surface area (Å²) in [5, 5.41) is 3.32. The van der Waals surface area contributed by atoms with Crippen molar-refractivity contribution >= 4 is 0 Å². The largest absolute Gasteiger partial charge is 0.318 e. The standard InChI is InChI=1S/C13H28N2/c1-6-13(8-14-5)15-9-10(2)7-11(3)12(15)4/h10-14H,6-9H2,1-5H3. The molecular formula is C13H28N2. The molecule has 0 radical (unpaired) electrons. The van der Waals surface area contributed by atoms with Gasteiger partial charge < -0.3 is 5.32 Å². The predicted molar refractivity (Wildman–Crippen MR) is 67.1 cm³/mol. The second kappa shape index (κ2) is 5.86. The molecule has 2 nitrogen and oxygen atoms in total. The van der Waals surface area contributed by atoms with Crippen molar-refractivity contribution < 1.29 is 0 Å². The highest BCUT2D eigenvalue weighted by molar-refractivity contribution is 4.86. The van der Waals surface area contributed by atoms with E-state index in [2.05, 4.69) is 45.0 Å². The number of piperidine rings is 1. The molecule has 0 bridgehead atoms. The SMILES string of the molecule is CCC(CNC)N1CC(C)CC(C)C1C. The Hall–Kier alpha value is -0.0800. The summed E-state index contributed by atoms with van der Waals surface area (Å²) in [6.45, 7) is 11.9. The van der Waals surface area contributed by atoms with Gasteiger partial charge in [0.2, 0.25) is 0 Å². The Balaban J connectivity index is 2.63. The first-order valence-corrected chi connectivity index (χ1v) is 6.50. The lowest BCUT2D eigenvalue weighted by atomic mass is 9.84. The van der Waals surface area contributed by atoms with Crippen LogP contribution in [0.15, 0.2) is 0 Å². The normalized spacial score (nSPS) is 35.4. The zero-order valence-corrected chi connectivity index (χ0v) is 11.1. The molecule has 1 saturated heterocycles. The Morgan fingerprint density at radius 3 is 2.53 bits per heavy atom. The van der Waals surface area contributed by atoms with Crippen molar-refractivity contribution in [2.45, 2.75) is 52.6 Å². The highest BCUT2D eigenvalue weighted by Gasteiger charge is 2.32. The molecule has 2 heteroatoms. The zero-order valence-electron chi connectivity index (χ0n) is 11.1. The van der Waals surface area contributed by atoms with Gasteiger partial charge in [0.15, 0.2) is 0 Å². The van der Waals surface area contributed by atoms with Crippen LogP contribution < -0.4 is 5.32 Å².